The average molecular weight is 354 g/mol. The molecule has 0 aliphatic rings. The highest BCUT2D eigenvalue weighted by Gasteiger charge is 2.16. The summed E-state index contributed by atoms with van der Waals surface area (Å²) in [5.74, 6) is -0.606. The molecule has 2 aromatic heterocycles. The first-order valence-electron chi connectivity index (χ1n) is 6.06. The number of thiazole rings is 1. The molecule has 22 heavy (non-hydrogen) atoms. The van der Waals surface area contributed by atoms with Crippen molar-refractivity contribution in [3.8, 4) is 0 Å². The van der Waals surface area contributed by atoms with Crippen LogP contribution in [-0.2, 0) is 21.4 Å². The number of esters is 1. The van der Waals surface area contributed by atoms with E-state index < -0.39 is 16.0 Å². The molecule has 0 atom stereocenters. The van der Waals surface area contributed by atoms with Crippen LogP contribution in [0.1, 0.15) is 15.4 Å². The number of carbonyl (C=O) groups excluding carboxylic acids is 1. The van der Waals surface area contributed by atoms with Crippen molar-refractivity contribution in [3.05, 3.63) is 46.3 Å². The second kappa shape index (κ2) is 5.76. The molecule has 0 aliphatic heterocycles. The highest BCUT2D eigenvalue weighted by Crippen LogP contribution is 2.23. The van der Waals surface area contributed by atoms with E-state index in [1.807, 2.05) is 24.3 Å². The van der Waals surface area contributed by atoms with Gasteiger partial charge in [-0.3, -0.25) is 0 Å². The predicted molar refractivity (Wildman–Crippen MR) is 84.4 cm³/mol. The number of primary sulfonamides is 1. The van der Waals surface area contributed by atoms with Crippen LogP contribution in [0.25, 0.3) is 10.2 Å². The molecule has 0 aliphatic carbocycles. The number of fused-ring (bicyclic) bond motifs is 1. The highest BCUT2D eigenvalue weighted by molar-refractivity contribution is 7.91. The Morgan fingerprint density at radius 1 is 1.32 bits per heavy atom. The summed E-state index contributed by atoms with van der Waals surface area (Å²) in [7, 11) is -3.80. The van der Waals surface area contributed by atoms with Gasteiger partial charge in [0.2, 0.25) is 10.0 Å². The van der Waals surface area contributed by atoms with Crippen LogP contribution in [0.5, 0.6) is 0 Å². The number of ether oxygens (including phenoxy) is 1. The number of nitrogens with two attached hydrogens (primary N) is 1. The first-order valence-corrected chi connectivity index (χ1v) is 9.30. The van der Waals surface area contributed by atoms with Gasteiger partial charge in [0.05, 0.1) is 15.8 Å². The van der Waals surface area contributed by atoms with E-state index in [0.29, 0.717) is 5.01 Å². The van der Waals surface area contributed by atoms with Gasteiger partial charge in [-0.1, -0.05) is 12.1 Å². The molecular weight excluding hydrogens is 344 g/mol. The number of aromatic nitrogens is 1. The second-order valence-corrected chi connectivity index (χ2v) is 8.17. The summed E-state index contributed by atoms with van der Waals surface area (Å²) in [5.41, 5.74) is 1.01. The number of hydrogen-bond donors (Lipinski definition) is 1. The fourth-order valence-corrected chi connectivity index (χ4v) is 4.22. The van der Waals surface area contributed by atoms with Gasteiger partial charge in [-0.2, -0.15) is 0 Å². The lowest BCUT2D eigenvalue weighted by Crippen LogP contribution is -2.10. The molecule has 2 N–H and O–H groups in total. The molecule has 0 bridgehead atoms. The summed E-state index contributed by atoms with van der Waals surface area (Å²) in [5, 5.41) is 7.08. The molecule has 0 radical (unpaired) electrons. The molecule has 2 heterocycles. The van der Waals surface area contributed by atoms with Gasteiger partial charge >= 0.3 is 5.97 Å². The number of sulfonamides is 1. The smallest absolute Gasteiger partial charge is 0.339 e. The van der Waals surface area contributed by atoms with Gasteiger partial charge in [-0.15, -0.1) is 22.7 Å². The minimum Gasteiger partial charge on any atom is -0.455 e. The minimum atomic E-state index is -3.80. The molecule has 114 valence electrons. The van der Waals surface area contributed by atoms with Crippen molar-refractivity contribution in [2.75, 3.05) is 0 Å². The lowest BCUT2D eigenvalue weighted by Gasteiger charge is -1.99. The highest BCUT2D eigenvalue weighted by atomic mass is 32.2. The average Bonchev–Trinajstić information content (AvgIpc) is 3.10. The molecule has 0 saturated carbocycles. The van der Waals surface area contributed by atoms with Crippen molar-refractivity contribution < 1.29 is 17.9 Å². The Labute approximate surface area is 134 Å². The molecule has 1 aromatic carbocycles. The third-order valence-electron chi connectivity index (χ3n) is 2.76. The Morgan fingerprint density at radius 2 is 2.09 bits per heavy atom. The van der Waals surface area contributed by atoms with Crippen molar-refractivity contribution >= 4 is 48.9 Å². The summed E-state index contributed by atoms with van der Waals surface area (Å²) in [4.78, 5) is 16.2. The summed E-state index contributed by atoms with van der Waals surface area (Å²) in [6, 6.07) is 8.83. The molecule has 0 unspecified atom stereocenters. The zero-order valence-electron chi connectivity index (χ0n) is 11.1. The molecule has 0 fully saturated rings. The lowest BCUT2D eigenvalue weighted by atomic mass is 10.3. The topological polar surface area (TPSA) is 99.4 Å². The second-order valence-electron chi connectivity index (χ2n) is 4.35. The molecule has 0 spiro atoms. The van der Waals surface area contributed by atoms with Crippen LogP contribution in [0.2, 0.25) is 0 Å². The molecule has 0 amide bonds. The number of para-hydroxylation sites is 1. The van der Waals surface area contributed by atoms with Crippen LogP contribution in [0, 0.1) is 0 Å². The van der Waals surface area contributed by atoms with E-state index in [1.165, 1.54) is 22.8 Å². The number of carbonyl (C=O) groups is 1. The molecule has 6 nitrogen and oxygen atoms in total. The third kappa shape index (κ3) is 3.17. The largest absolute Gasteiger partial charge is 0.455 e. The van der Waals surface area contributed by atoms with Crippen molar-refractivity contribution in [2.24, 2.45) is 5.14 Å². The monoisotopic (exact) mass is 354 g/mol. The fourth-order valence-electron chi connectivity index (χ4n) is 1.77. The van der Waals surface area contributed by atoms with Gasteiger partial charge in [0.25, 0.3) is 0 Å². The normalized spacial score (nSPS) is 11.7. The number of rotatable bonds is 4. The zero-order valence-corrected chi connectivity index (χ0v) is 13.5. The maximum Gasteiger partial charge on any atom is 0.339 e. The van der Waals surface area contributed by atoms with Gasteiger partial charge in [-0.05, 0) is 18.2 Å². The Balaban J connectivity index is 1.70. The summed E-state index contributed by atoms with van der Waals surface area (Å²) in [6.45, 7) is 0.0404. The van der Waals surface area contributed by atoms with Crippen LogP contribution < -0.4 is 5.14 Å². The van der Waals surface area contributed by atoms with E-state index >= 15 is 0 Å². The van der Waals surface area contributed by atoms with E-state index in [-0.39, 0.29) is 16.4 Å². The van der Waals surface area contributed by atoms with Crippen LogP contribution >= 0.6 is 22.7 Å². The zero-order chi connectivity index (χ0) is 15.7. The van der Waals surface area contributed by atoms with Crippen LogP contribution in [0.3, 0.4) is 0 Å². The van der Waals surface area contributed by atoms with Gasteiger partial charge in [-0.25, -0.2) is 23.3 Å². The summed E-state index contributed by atoms with van der Waals surface area (Å²) < 4.78 is 28.4. The van der Waals surface area contributed by atoms with Crippen molar-refractivity contribution in [2.45, 2.75) is 10.8 Å². The lowest BCUT2D eigenvalue weighted by molar-refractivity contribution is 0.0473. The Bertz CT molecular complexity index is 910. The van der Waals surface area contributed by atoms with Crippen molar-refractivity contribution in [1.82, 2.24) is 4.98 Å². The Hall–Kier alpha value is -1.81. The quantitative estimate of drug-likeness (QED) is 0.725. The Kier molecular flexibility index (Phi) is 3.96. The number of hydrogen-bond acceptors (Lipinski definition) is 7. The van der Waals surface area contributed by atoms with E-state index in [4.69, 9.17) is 9.88 Å². The predicted octanol–water partition coefficient (Wildman–Crippen LogP) is 2.36. The first kappa shape index (κ1) is 15.1. The van der Waals surface area contributed by atoms with E-state index in [9.17, 15) is 13.2 Å². The van der Waals surface area contributed by atoms with E-state index in [0.717, 1.165) is 21.6 Å². The number of thiophene rings is 1. The molecule has 0 saturated heterocycles. The SMILES string of the molecule is NS(=O)(=O)c1cc(C(=O)OCc2nc3ccccc3s2)cs1. The number of nitrogens with zero attached hydrogens (tertiary/aromatic N) is 1. The van der Waals surface area contributed by atoms with Crippen LogP contribution in [0.15, 0.2) is 39.9 Å². The summed E-state index contributed by atoms with van der Waals surface area (Å²) >= 11 is 2.33. The molecular formula is C13H10N2O4S3. The Morgan fingerprint density at radius 3 is 2.77 bits per heavy atom. The molecule has 3 rings (SSSR count). The van der Waals surface area contributed by atoms with Gasteiger partial charge < -0.3 is 4.74 Å². The molecule has 9 heteroatoms. The fraction of sp³-hybridized carbons (Fsp3) is 0.0769. The molecule has 3 aromatic rings. The maximum absolute atomic E-state index is 11.9. The van der Waals surface area contributed by atoms with E-state index in [1.54, 1.807) is 0 Å². The van der Waals surface area contributed by atoms with Gasteiger partial charge in [0.1, 0.15) is 15.8 Å². The first-order chi connectivity index (χ1) is 10.4. The van der Waals surface area contributed by atoms with Crippen molar-refractivity contribution in [1.29, 1.82) is 0 Å². The maximum atomic E-state index is 11.9. The number of benzene rings is 1. The summed E-state index contributed by atoms with van der Waals surface area (Å²) in [6.07, 6.45) is 0. The minimum absolute atomic E-state index is 0.0404. The van der Waals surface area contributed by atoms with Crippen LogP contribution in [-0.4, -0.2) is 19.4 Å². The van der Waals surface area contributed by atoms with Gasteiger partial charge in [0, 0.05) is 5.38 Å². The standard InChI is InChI=1S/C13H10N2O4S3/c14-22(17,18)12-5-8(7-20-12)13(16)19-6-11-15-9-3-1-2-4-10(9)21-11/h1-5,7H,6H2,(H2,14,17,18). The third-order valence-corrected chi connectivity index (χ3v) is 6.15. The van der Waals surface area contributed by atoms with Crippen molar-refractivity contribution in [3.63, 3.8) is 0 Å². The van der Waals surface area contributed by atoms with Crippen LogP contribution in [0.4, 0.5) is 0 Å². The van der Waals surface area contributed by atoms with E-state index in [2.05, 4.69) is 4.98 Å². The van der Waals surface area contributed by atoms with Gasteiger partial charge in [0.15, 0.2) is 0 Å².